The standard InChI is InChI=1S/C11H18Br2S/c1-2-3-9-14(11(12)13)10-7-5-4-6-8-10/h7H,2-6,8-9H2,1H3. The Labute approximate surface area is 107 Å². The summed E-state index contributed by atoms with van der Waals surface area (Å²) in [6, 6.07) is 0. The van der Waals surface area contributed by atoms with E-state index in [0.29, 0.717) is 10.5 Å². The molecule has 0 aliphatic heterocycles. The lowest BCUT2D eigenvalue weighted by molar-refractivity contribution is 0.723. The van der Waals surface area contributed by atoms with E-state index in [4.69, 9.17) is 0 Å². The summed E-state index contributed by atoms with van der Waals surface area (Å²) in [5, 5.41) is 0. The number of rotatable bonds is 4. The van der Waals surface area contributed by atoms with E-state index in [2.05, 4.69) is 44.9 Å². The minimum absolute atomic E-state index is 0.349. The van der Waals surface area contributed by atoms with Gasteiger partial charge in [-0.05, 0) is 74.6 Å². The largest absolute Gasteiger partial charge is 0.138 e. The van der Waals surface area contributed by atoms with Crippen molar-refractivity contribution in [3.8, 4) is 0 Å². The Morgan fingerprint density at radius 3 is 2.71 bits per heavy atom. The molecule has 0 aromatic rings. The van der Waals surface area contributed by atoms with Crippen molar-refractivity contribution in [3.05, 3.63) is 11.0 Å². The zero-order valence-electron chi connectivity index (χ0n) is 8.69. The number of halogens is 2. The van der Waals surface area contributed by atoms with Gasteiger partial charge in [-0.1, -0.05) is 19.4 Å². The van der Waals surface area contributed by atoms with E-state index in [1.54, 1.807) is 4.91 Å². The number of hydrogen-bond donors (Lipinski definition) is 0. The molecule has 0 spiro atoms. The molecule has 0 N–H and O–H groups in total. The molecule has 1 aliphatic carbocycles. The first-order valence-corrected chi connectivity index (χ1v) is 8.31. The van der Waals surface area contributed by atoms with Gasteiger partial charge < -0.3 is 0 Å². The van der Waals surface area contributed by atoms with Gasteiger partial charge in [0.05, 0.1) is 2.68 Å². The monoisotopic (exact) mass is 340 g/mol. The van der Waals surface area contributed by atoms with Gasteiger partial charge in [0, 0.05) is 0 Å². The van der Waals surface area contributed by atoms with E-state index in [0.717, 1.165) is 0 Å². The van der Waals surface area contributed by atoms with Crippen molar-refractivity contribution >= 4 is 45.0 Å². The number of allylic oxidation sites excluding steroid dienone is 2. The molecular formula is C11H18Br2S. The lowest BCUT2D eigenvalue weighted by Crippen LogP contribution is -1.95. The predicted molar refractivity (Wildman–Crippen MR) is 76.8 cm³/mol. The summed E-state index contributed by atoms with van der Waals surface area (Å²) in [6.07, 6.45) is 10.5. The molecule has 1 aliphatic rings. The van der Waals surface area contributed by atoms with Crippen LogP contribution in [0.15, 0.2) is 11.0 Å². The summed E-state index contributed by atoms with van der Waals surface area (Å²) in [4.78, 5) is 1.67. The van der Waals surface area contributed by atoms with Gasteiger partial charge in [0.2, 0.25) is 0 Å². The fourth-order valence-electron chi connectivity index (χ4n) is 1.63. The van der Waals surface area contributed by atoms with E-state index in [9.17, 15) is 0 Å². The summed E-state index contributed by atoms with van der Waals surface area (Å²) in [7, 11) is 0.349. The van der Waals surface area contributed by atoms with Crippen LogP contribution in [0, 0.1) is 0 Å². The number of hydrogen-bond acceptors (Lipinski definition) is 0. The van der Waals surface area contributed by atoms with Crippen LogP contribution in [0.2, 0.25) is 0 Å². The topological polar surface area (TPSA) is 0 Å². The first-order valence-electron chi connectivity index (χ1n) is 5.33. The van der Waals surface area contributed by atoms with Gasteiger partial charge in [-0.3, -0.25) is 0 Å². The van der Waals surface area contributed by atoms with Crippen molar-refractivity contribution < 1.29 is 0 Å². The molecule has 82 valence electrons. The summed E-state index contributed by atoms with van der Waals surface area (Å²) < 4.78 is 1.27. The first kappa shape index (κ1) is 13.0. The molecule has 0 aromatic carbocycles. The Morgan fingerprint density at radius 1 is 1.43 bits per heavy atom. The van der Waals surface area contributed by atoms with Gasteiger partial charge in [0.15, 0.2) is 0 Å². The summed E-state index contributed by atoms with van der Waals surface area (Å²) in [6.45, 7) is 2.26. The highest BCUT2D eigenvalue weighted by Gasteiger charge is 2.09. The van der Waals surface area contributed by atoms with Crippen LogP contribution in [-0.2, 0) is 0 Å². The average Bonchev–Trinajstić information content (AvgIpc) is 2.19. The second-order valence-electron chi connectivity index (χ2n) is 3.59. The molecule has 0 saturated carbocycles. The van der Waals surface area contributed by atoms with Crippen LogP contribution in [0.5, 0.6) is 0 Å². The molecular weight excluding hydrogens is 324 g/mol. The van der Waals surface area contributed by atoms with Crippen LogP contribution >= 0.6 is 42.3 Å². The Balaban J connectivity index is 2.67. The van der Waals surface area contributed by atoms with E-state index < -0.39 is 0 Å². The minimum Gasteiger partial charge on any atom is -0.138 e. The van der Waals surface area contributed by atoms with Crippen molar-refractivity contribution in [1.29, 1.82) is 0 Å². The maximum absolute atomic E-state index is 3.61. The fraction of sp³-hybridized carbons (Fsp3) is 0.727. The third-order valence-corrected chi connectivity index (χ3v) is 6.87. The van der Waals surface area contributed by atoms with Crippen LogP contribution in [-0.4, -0.2) is 8.44 Å². The van der Waals surface area contributed by atoms with Crippen LogP contribution in [0.1, 0.15) is 45.4 Å². The zero-order valence-corrected chi connectivity index (χ0v) is 12.7. The van der Waals surface area contributed by atoms with Crippen LogP contribution < -0.4 is 0 Å². The molecule has 0 nitrogen and oxygen atoms in total. The van der Waals surface area contributed by atoms with E-state index in [1.165, 1.54) is 47.0 Å². The molecule has 0 aromatic heterocycles. The Hall–Kier alpha value is 0.920. The van der Waals surface area contributed by atoms with Crippen molar-refractivity contribution in [2.45, 2.75) is 45.4 Å². The van der Waals surface area contributed by atoms with Gasteiger partial charge in [-0.2, -0.15) is 0 Å². The molecule has 3 heteroatoms. The Kier molecular flexibility index (Phi) is 6.71. The lowest BCUT2D eigenvalue weighted by Gasteiger charge is -2.17. The van der Waals surface area contributed by atoms with Crippen LogP contribution in [0.25, 0.3) is 0 Å². The van der Waals surface area contributed by atoms with E-state index >= 15 is 0 Å². The van der Waals surface area contributed by atoms with Gasteiger partial charge in [0.25, 0.3) is 0 Å². The van der Waals surface area contributed by atoms with Gasteiger partial charge in [0.1, 0.15) is 0 Å². The molecule has 0 fully saturated rings. The van der Waals surface area contributed by atoms with Crippen molar-refractivity contribution in [2.24, 2.45) is 0 Å². The second-order valence-corrected chi connectivity index (χ2v) is 9.41. The molecule has 14 heavy (non-hydrogen) atoms. The normalized spacial score (nSPS) is 18.9. The smallest absolute Gasteiger partial charge is 0.0881 e. The quantitative estimate of drug-likeness (QED) is 0.475. The SMILES string of the molecule is CCCCS(C1=CCCCC1)=C(Br)Br. The molecule has 1 rings (SSSR count). The molecule has 0 amide bonds. The molecule has 1 atom stereocenters. The minimum atomic E-state index is 0.349. The highest BCUT2D eigenvalue weighted by molar-refractivity contribution is 9.42. The maximum Gasteiger partial charge on any atom is 0.0881 e. The van der Waals surface area contributed by atoms with E-state index in [-0.39, 0.29) is 0 Å². The first-order chi connectivity index (χ1) is 6.75. The average molecular weight is 342 g/mol. The molecule has 0 saturated heterocycles. The summed E-state index contributed by atoms with van der Waals surface area (Å²) in [5.41, 5.74) is 0. The molecule has 0 bridgehead atoms. The summed E-state index contributed by atoms with van der Waals surface area (Å²) >= 11 is 7.22. The van der Waals surface area contributed by atoms with E-state index in [1.807, 2.05) is 0 Å². The molecule has 1 unspecified atom stereocenters. The van der Waals surface area contributed by atoms with Crippen molar-refractivity contribution in [3.63, 3.8) is 0 Å². The fourth-order valence-corrected chi connectivity index (χ4v) is 5.75. The molecule has 0 heterocycles. The molecule has 0 radical (unpaired) electrons. The Bertz CT molecular complexity index is 240. The Morgan fingerprint density at radius 2 is 2.21 bits per heavy atom. The van der Waals surface area contributed by atoms with Gasteiger partial charge in [-0.25, -0.2) is 0 Å². The predicted octanol–water partition coefficient (Wildman–Crippen LogP) is 5.39. The second kappa shape index (κ2) is 7.24. The van der Waals surface area contributed by atoms with Crippen LogP contribution in [0.3, 0.4) is 0 Å². The third kappa shape index (κ3) is 4.19. The highest BCUT2D eigenvalue weighted by Crippen LogP contribution is 2.38. The zero-order chi connectivity index (χ0) is 10.4. The highest BCUT2D eigenvalue weighted by atomic mass is 79.9. The maximum atomic E-state index is 3.61. The van der Waals surface area contributed by atoms with Crippen LogP contribution in [0.4, 0.5) is 0 Å². The lowest BCUT2D eigenvalue weighted by atomic mass is 10.1. The van der Waals surface area contributed by atoms with Crippen molar-refractivity contribution in [1.82, 2.24) is 0 Å². The van der Waals surface area contributed by atoms with Gasteiger partial charge in [-0.15, -0.1) is 10.5 Å². The summed E-state index contributed by atoms with van der Waals surface area (Å²) in [5.74, 6) is 1.31. The van der Waals surface area contributed by atoms with Gasteiger partial charge >= 0.3 is 0 Å². The number of unbranched alkanes of at least 4 members (excludes halogenated alkanes) is 1. The van der Waals surface area contributed by atoms with Crippen molar-refractivity contribution in [2.75, 3.05) is 5.75 Å². The third-order valence-electron chi connectivity index (χ3n) is 2.45.